The molecule has 0 unspecified atom stereocenters. The van der Waals surface area contributed by atoms with Gasteiger partial charge in [-0.25, -0.2) is 4.79 Å². The van der Waals surface area contributed by atoms with Crippen molar-refractivity contribution in [1.29, 1.82) is 0 Å². The van der Waals surface area contributed by atoms with E-state index in [1.807, 2.05) is 44.2 Å². The van der Waals surface area contributed by atoms with E-state index in [1.54, 1.807) is 50.3 Å². The first-order valence-corrected chi connectivity index (χ1v) is 38.0. The number of unbranched alkanes of at least 4 members (excludes halogenated alkanes) is 1. The lowest BCUT2D eigenvalue weighted by atomic mass is 9.96. The van der Waals surface area contributed by atoms with Crippen LogP contribution in [0.1, 0.15) is 168 Å². The van der Waals surface area contributed by atoms with Crippen LogP contribution >= 0.6 is 0 Å². The highest BCUT2D eigenvalue weighted by atomic mass is 16.4. The van der Waals surface area contributed by atoms with Crippen molar-refractivity contribution in [2.24, 2.45) is 28.3 Å². The van der Waals surface area contributed by atoms with Gasteiger partial charge in [0, 0.05) is 91.1 Å². The van der Waals surface area contributed by atoms with Gasteiger partial charge in [0.1, 0.15) is 54.4 Å². The zero-order chi connectivity index (χ0) is 81.7. The number of carbonyl (C=O) groups is 16. The average Bonchev–Trinajstić information content (AvgIpc) is 1.72. The number of nitrogens with two attached hydrogens (primary N) is 2. The summed E-state index contributed by atoms with van der Waals surface area (Å²) in [4.78, 5) is 222. The molecule has 12 amide bonds. The summed E-state index contributed by atoms with van der Waals surface area (Å²) < 4.78 is 0. The van der Waals surface area contributed by atoms with Crippen molar-refractivity contribution in [2.75, 3.05) is 39.3 Å². The molecule has 2 aromatic rings. The Morgan fingerprint density at radius 2 is 0.991 bits per heavy atom. The summed E-state index contributed by atoms with van der Waals surface area (Å²) in [6.45, 7) is 9.12. The third kappa shape index (κ3) is 31.4. The van der Waals surface area contributed by atoms with E-state index in [0.29, 0.717) is 56.9 Å². The summed E-state index contributed by atoms with van der Waals surface area (Å²) in [5.74, 6) is -12.8. The highest BCUT2D eigenvalue weighted by molar-refractivity contribution is 5.99. The highest BCUT2D eigenvalue weighted by Gasteiger charge is 2.45. The van der Waals surface area contributed by atoms with Crippen molar-refractivity contribution < 1.29 is 92.0 Å². The fourth-order valence-electron chi connectivity index (χ4n) is 13.3. The number of hydrogen-bond donors (Lipinski definition) is 14. The summed E-state index contributed by atoms with van der Waals surface area (Å²) >= 11 is 0. The van der Waals surface area contributed by atoms with Gasteiger partial charge in [-0.05, 0) is 100 Å². The quantitative estimate of drug-likeness (QED) is 0.0187. The predicted molar refractivity (Wildman–Crippen MR) is 406 cm³/mol. The Hall–Kier alpha value is -11.1. The lowest BCUT2D eigenvalue weighted by Crippen LogP contribution is -2.60. The summed E-state index contributed by atoms with van der Waals surface area (Å²) in [7, 11) is 0. The smallest absolute Gasteiger partial charge is 0.326 e. The van der Waals surface area contributed by atoms with Crippen LogP contribution in [0.2, 0.25) is 0 Å². The number of nitrogens with one attached hydrogen (secondary N) is 9. The van der Waals surface area contributed by atoms with Crippen LogP contribution in [-0.4, -0.2) is 230 Å². The Kier molecular flexibility index (Phi) is 38.4. The molecule has 608 valence electrons. The molecule has 111 heavy (non-hydrogen) atoms. The van der Waals surface area contributed by atoms with Crippen LogP contribution in [0, 0.1) is 11.8 Å². The van der Waals surface area contributed by atoms with Crippen LogP contribution in [-0.2, 0) is 89.6 Å². The molecule has 16 N–H and O–H groups in total. The SMILES string of the molecule is CC[C@H](C)[C@H](NC(=O)[C@@H]1CCCN1C(=O)[C@H](CCC(=O)O)NC(=O)[C@H](Cc1ccccc1)NC(=O)[C@H](CC(=O)O)NC(=O)C/C=C/CNC(=O)C/C=C/CNC(=O)CCCCC(=O)[C@H](CCCN=C(N)N)NC(=O)[C@@H]1CCCN1C(=O)[C@@H](Cc1ccccc1)NC(C)=O)C(=O)N1CCC[C@H]1C(=O)N[C@@H](CC(C)C)C(=O)O. The molecule has 34 nitrogen and oxygen atoms in total. The molecular formula is C77H111N15O19. The van der Waals surface area contributed by atoms with E-state index < -0.39 is 175 Å². The van der Waals surface area contributed by atoms with Crippen LogP contribution in [0.3, 0.4) is 0 Å². The van der Waals surface area contributed by atoms with Gasteiger partial charge < -0.3 is 89.3 Å². The van der Waals surface area contributed by atoms with Gasteiger partial charge in [-0.15, -0.1) is 0 Å². The van der Waals surface area contributed by atoms with Crippen LogP contribution in [0.15, 0.2) is 90.0 Å². The molecule has 0 aromatic heterocycles. The number of carbonyl (C=O) groups excluding carboxylic acids is 13. The molecule has 3 heterocycles. The van der Waals surface area contributed by atoms with Crippen molar-refractivity contribution in [3.63, 3.8) is 0 Å². The van der Waals surface area contributed by atoms with E-state index in [1.165, 1.54) is 39.9 Å². The Bertz CT molecular complexity index is 3650. The predicted octanol–water partition coefficient (Wildman–Crippen LogP) is 0.683. The number of Topliss-reactive ketones (excluding diaryl/α,β-unsaturated/α-hetero) is 1. The number of guanidine groups is 1. The topological polar surface area (TPSA) is 516 Å². The maximum atomic E-state index is 14.6. The molecular weight excluding hydrogens is 1440 g/mol. The van der Waals surface area contributed by atoms with Crippen molar-refractivity contribution in [3.05, 3.63) is 96.1 Å². The molecule has 11 atom stereocenters. The zero-order valence-corrected chi connectivity index (χ0v) is 63.9. The number of aliphatic carboxylic acids is 3. The molecule has 3 fully saturated rings. The fourth-order valence-corrected chi connectivity index (χ4v) is 13.3. The second-order valence-electron chi connectivity index (χ2n) is 28.5. The van der Waals surface area contributed by atoms with E-state index in [4.69, 9.17) is 11.5 Å². The van der Waals surface area contributed by atoms with Crippen LogP contribution < -0.4 is 59.3 Å². The van der Waals surface area contributed by atoms with Crippen molar-refractivity contribution >= 4 is 101 Å². The van der Waals surface area contributed by atoms with E-state index in [9.17, 15) is 92.0 Å². The van der Waals surface area contributed by atoms with Gasteiger partial charge in [-0.1, -0.05) is 119 Å². The molecule has 3 aliphatic rings. The number of hydrogen-bond acceptors (Lipinski definition) is 17. The second-order valence-corrected chi connectivity index (χ2v) is 28.5. The van der Waals surface area contributed by atoms with Gasteiger partial charge in [0.05, 0.1) is 12.5 Å². The molecule has 0 aliphatic carbocycles. The number of benzene rings is 2. The molecule has 0 radical (unpaired) electrons. The minimum Gasteiger partial charge on any atom is -0.481 e. The minimum absolute atomic E-state index is 0.0159. The molecule has 5 rings (SSSR count). The highest BCUT2D eigenvalue weighted by Crippen LogP contribution is 2.26. The van der Waals surface area contributed by atoms with Crippen molar-refractivity contribution in [1.82, 2.24) is 62.6 Å². The third-order valence-corrected chi connectivity index (χ3v) is 19.3. The number of ketones is 1. The monoisotopic (exact) mass is 1550 g/mol. The van der Waals surface area contributed by atoms with Gasteiger partial charge in [0.25, 0.3) is 0 Å². The molecule has 0 bridgehead atoms. The van der Waals surface area contributed by atoms with Crippen molar-refractivity contribution in [3.8, 4) is 0 Å². The summed E-state index contributed by atoms with van der Waals surface area (Å²) in [6.07, 6.45) is 7.17. The van der Waals surface area contributed by atoms with Gasteiger partial charge in [0.2, 0.25) is 70.9 Å². The number of aliphatic imine (C=N–C) groups is 1. The minimum atomic E-state index is -1.75. The van der Waals surface area contributed by atoms with Gasteiger partial charge >= 0.3 is 17.9 Å². The first-order chi connectivity index (χ1) is 52.9. The number of amides is 12. The maximum Gasteiger partial charge on any atom is 0.326 e. The largest absolute Gasteiger partial charge is 0.481 e. The molecule has 3 saturated heterocycles. The Labute approximate surface area is 646 Å². The molecule has 3 aliphatic heterocycles. The lowest BCUT2D eigenvalue weighted by Gasteiger charge is -2.34. The van der Waals surface area contributed by atoms with Crippen LogP contribution in [0.25, 0.3) is 0 Å². The molecule has 0 saturated carbocycles. The van der Waals surface area contributed by atoms with Crippen LogP contribution in [0.5, 0.6) is 0 Å². The summed E-state index contributed by atoms with van der Waals surface area (Å²) in [6, 6.07) is 5.14. The Balaban J connectivity index is 1.10. The van der Waals surface area contributed by atoms with E-state index in [-0.39, 0.29) is 121 Å². The molecule has 34 heteroatoms. The second kappa shape index (κ2) is 47.1. The van der Waals surface area contributed by atoms with Gasteiger partial charge in [-0.3, -0.25) is 76.9 Å². The van der Waals surface area contributed by atoms with Gasteiger partial charge in [-0.2, -0.15) is 0 Å². The Morgan fingerprint density at radius 1 is 0.505 bits per heavy atom. The lowest BCUT2D eigenvalue weighted by molar-refractivity contribution is -0.146. The fraction of sp³-hybridized carbons (Fsp3) is 0.571. The molecule has 0 spiro atoms. The Morgan fingerprint density at radius 3 is 1.50 bits per heavy atom. The normalized spacial score (nSPS) is 17.5. The van der Waals surface area contributed by atoms with E-state index in [2.05, 4.69) is 52.8 Å². The molecule has 2 aromatic carbocycles. The first kappa shape index (κ1) is 90.5. The van der Waals surface area contributed by atoms with Gasteiger partial charge in [0.15, 0.2) is 11.7 Å². The first-order valence-electron chi connectivity index (χ1n) is 38.0. The number of carboxylic acids is 3. The third-order valence-electron chi connectivity index (χ3n) is 19.3. The maximum absolute atomic E-state index is 14.6. The number of likely N-dealkylation sites (tertiary alicyclic amines) is 3. The number of rotatable bonds is 47. The van der Waals surface area contributed by atoms with Crippen molar-refractivity contribution in [2.45, 2.75) is 230 Å². The number of carboxylic acid groups (broad SMARTS) is 3. The van der Waals surface area contributed by atoms with E-state index >= 15 is 0 Å². The standard InChI is InChI=1S/C77H111N15O19/c1-6-48(4)67(75(109)92-42-22-29-59(92)71(105)88-57(76(110)111)43-47(2)3)89-72(106)60-30-21-40-90(60)73(107)53(35-36-65(98)99)86-68(102)54(44-50-23-9-7-10-24-50)87-69(103)55(46-66(100)101)84-64(97)34-16-18-38-81-63(96)33-15-17-37-80-62(95)32-14-13-31-61(94)52(27-19-39-82-77(78)79)85-70(104)58-28-20-41-91(58)74(108)56(83-49(5)93)45-51-25-11-8-12-26-51/h7-12,15-18,23-26,47-48,52-60,67H,6,13-14,19-22,27-46H2,1-5H3,(H,80,95)(H,81,96)(H,83,93)(H,84,97)(H,85,104)(H,86,102)(H,87,103)(H,88,105)(H,89,106)(H,98,99)(H,100,101)(H,110,111)(H4,78,79,82)/b17-15+,18-16+/t48-,52-,53-,54-,55-,56+,57-,58-,59-,60-,67-/m0/s1. The van der Waals surface area contributed by atoms with Crippen LogP contribution in [0.4, 0.5) is 0 Å². The summed E-state index contributed by atoms with van der Waals surface area (Å²) in [5.41, 5.74) is 12.3. The average molecular weight is 1550 g/mol. The summed E-state index contributed by atoms with van der Waals surface area (Å²) in [5, 5.41) is 53.1. The number of nitrogens with zero attached hydrogens (tertiary/aromatic N) is 4. The zero-order valence-electron chi connectivity index (χ0n) is 63.9. The van der Waals surface area contributed by atoms with E-state index in [0.717, 1.165) is 5.56 Å².